The molecule has 3 aromatic carbocycles. The van der Waals surface area contributed by atoms with Crippen LogP contribution in [0.2, 0.25) is 0 Å². The summed E-state index contributed by atoms with van der Waals surface area (Å²) in [6.07, 6.45) is 2.80. The van der Waals surface area contributed by atoms with Crippen LogP contribution < -0.4 is 14.2 Å². The molecule has 0 spiro atoms. The molecule has 5 nitrogen and oxygen atoms in total. The van der Waals surface area contributed by atoms with E-state index in [1.165, 1.54) is 0 Å². The van der Waals surface area contributed by atoms with Gasteiger partial charge in [0.05, 0.1) is 21.3 Å². The molecule has 0 aliphatic rings. The van der Waals surface area contributed by atoms with Crippen LogP contribution in [0.3, 0.4) is 0 Å². The predicted octanol–water partition coefficient (Wildman–Crippen LogP) is 5.50. The third kappa shape index (κ3) is 6.62. The summed E-state index contributed by atoms with van der Waals surface area (Å²) in [5.74, 6) is 2.00. The summed E-state index contributed by atoms with van der Waals surface area (Å²) >= 11 is 0. The first-order valence-electron chi connectivity index (χ1n) is 10.9. The molecule has 0 fully saturated rings. The average molecular weight is 446 g/mol. The Hall–Kier alpha value is -3.73. The molecule has 172 valence electrons. The third-order valence-electron chi connectivity index (χ3n) is 5.38. The van der Waals surface area contributed by atoms with Gasteiger partial charge in [-0.2, -0.15) is 0 Å². The lowest BCUT2D eigenvalue weighted by atomic mass is 10.1. The number of methoxy groups -OCH3 is 3. The van der Waals surface area contributed by atoms with Gasteiger partial charge in [0.25, 0.3) is 5.91 Å². The van der Waals surface area contributed by atoms with Crippen LogP contribution in [0, 0.1) is 0 Å². The minimum atomic E-state index is -0.0322. The minimum absolute atomic E-state index is 0.0322. The highest BCUT2D eigenvalue weighted by Gasteiger charge is 2.17. The second kappa shape index (κ2) is 11.8. The summed E-state index contributed by atoms with van der Waals surface area (Å²) < 4.78 is 16.1. The fourth-order valence-corrected chi connectivity index (χ4v) is 3.67. The van der Waals surface area contributed by atoms with Crippen LogP contribution in [-0.4, -0.2) is 45.2 Å². The van der Waals surface area contributed by atoms with Gasteiger partial charge >= 0.3 is 0 Å². The first-order valence-corrected chi connectivity index (χ1v) is 10.9. The van der Waals surface area contributed by atoms with E-state index < -0.39 is 0 Å². The Balaban J connectivity index is 1.83. The molecule has 0 atom stereocenters. The molecule has 0 saturated carbocycles. The van der Waals surface area contributed by atoms with Crippen molar-refractivity contribution >= 4 is 12.0 Å². The van der Waals surface area contributed by atoms with Crippen LogP contribution in [0.1, 0.15) is 28.4 Å². The monoisotopic (exact) mass is 445 g/mol. The number of carbonyl (C=O) groups excluding carboxylic acids is 1. The SMILES string of the molecule is COc1cccc(C(=O)N(CCc2ccc(OC)c(OC)c2)C/C(C)=C/c2ccccc2)c1. The zero-order valence-corrected chi connectivity index (χ0v) is 19.7. The molecule has 0 aliphatic heterocycles. The Morgan fingerprint density at radius 1 is 0.848 bits per heavy atom. The lowest BCUT2D eigenvalue weighted by Gasteiger charge is -2.24. The van der Waals surface area contributed by atoms with E-state index in [0.717, 1.165) is 16.7 Å². The first-order chi connectivity index (χ1) is 16.0. The van der Waals surface area contributed by atoms with Gasteiger partial charge in [0.2, 0.25) is 0 Å². The van der Waals surface area contributed by atoms with Gasteiger partial charge < -0.3 is 19.1 Å². The van der Waals surface area contributed by atoms with E-state index in [0.29, 0.717) is 42.3 Å². The molecule has 0 bridgehead atoms. The number of benzene rings is 3. The summed E-state index contributed by atoms with van der Waals surface area (Å²) in [7, 11) is 4.84. The van der Waals surface area contributed by atoms with E-state index in [4.69, 9.17) is 14.2 Å². The normalized spacial score (nSPS) is 11.1. The van der Waals surface area contributed by atoms with Crippen molar-refractivity contribution in [2.24, 2.45) is 0 Å². The maximum absolute atomic E-state index is 13.4. The molecule has 5 heteroatoms. The summed E-state index contributed by atoms with van der Waals surface area (Å²) in [6.45, 7) is 3.14. The maximum Gasteiger partial charge on any atom is 0.254 e. The topological polar surface area (TPSA) is 48.0 Å². The highest BCUT2D eigenvalue weighted by atomic mass is 16.5. The van der Waals surface area contributed by atoms with Gasteiger partial charge in [-0.15, -0.1) is 0 Å². The van der Waals surface area contributed by atoms with E-state index in [-0.39, 0.29) is 5.91 Å². The Bertz CT molecular complexity index is 1090. The van der Waals surface area contributed by atoms with Gasteiger partial charge in [0, 0.05) is 18.7 Å². The van der Waals surface area contributed by atoms with Crippen LogP contribution >= 0.6 is 0 Å². The van der Waals surface area contributed by atoms with Crippen LogP contribution in [0.4, 0.5) is 0 Å². The largest absolute Gasteiger partial charge is 0.497 e. The van der Waals surface area contributed by atoms with Crippen molar-refractivity contribution in [3.63, 3.8) is 0 Å². The second-order valence-electron chi connectivity index (χ2n) is 7.80. The lowest BCUT2D eigenvalue weighted by Crippen LogP contribution is -2.34. The van der Waals surface area contributed by atoms with Gasteiger partial charge in [0.15, 0.2) is 11.5 Å². The number of hydrogen-bond donors (Lipinski definition) is 0. The minimum Gasteiger partial charge on any atom is -0.497 e. The van der Waals surface area contributed by atoms with Gasteiger partial charge in [-0.3, -0.25) is 4.79 Å². The summed E-state index contributed by atoms with van der Waals surface area (Å²) in [5.41, 5.74) is 3.89. The number of rotatable bonds is 10. The maximum atomic E-state index is 13.4. The van der Waals surface area contributed by atoms with Gasteiger partial charge in [-0.05, 0) is 54.8 Å². The third-order valence-corrected chi connectivity index (χ3v) is 5.38. The molecule has 0 N–H and O–H groups in total. The van der Waals surface area contributed by atoms with Crippen molar-refractivity contribution < 1.29 is 19.0 Å². The molecule has 0 aromatic heterocycles. The zero-order chi connectivity index (χ0) is 23.6. The molecule has 0 radical (unpaired) electrons. The Morgan fingerprint density at radius 2 is 1.61 bits per heavy atom. The lowest BCUT2D eigenvalue weighted by molar-refractivity contribution is 0.0771. The molecule has 0 unspecified atom stereocenters. The fraction of sp³-hybridized carbons (Fsp3) is 0.250. The number of hydrogen-bond acceptors (Lipinski definition) is 4. The van der Waals surface area contributed by atoms with Crippen molar-refractivity contribution in [1.29, 1.82) is 0 Å². The Labute approximate surface area is 196 Å². The number of amides is 1. The van der Waals surface area contributed by atoms with E-state index in [1.54, 1.807) is 27.4 Å². The van der Waals surface area contributed by atoms with Crippen LogP contribution in [0.25, 0.3) is 6.08 Å². The summed E-state index contributed by atoms with van der Waals surface area (Å²) in [4.78, 5) is 15.3. The predicted molar refractivity (Wildman–Crippen MR) is 132 cm³/mol. The number of ether oxygens (including phenoxy) is 3. The molecular weight excluding hydrogens is 414 g/mol. The molecule has 0 heterocycles. The highest BCUT2D eigenvalue weighted by molar-refractivity contribution is 5.94. The zero-order valence-electron chi connectivity index (χ0n) is 19.7. The van der Waals surface area contributed by atoms with Crippen LogP contribution in [0.15, 0.2) is 78.4 Å². The smallest absolute Gasteiger partial charge is 0.254 e. The van der Waals surface area contributed by atoms with Gasteiger partial charge in [-0.1, -0.05) is 54.1 Å². The fourth-order valence-electron chi connectivity index (χ4n) is 3.67. The van der Waals surface area contributed by atoms with E-state index in [2.05, 4.69) is 25.1 Å². The van der Waals surface area contributed by atoms with Crippen molar-refractivity contribution in [1.82, 2.24) is 4.90 Å². The molecular formula is C28H31NO4. The Morgan fingerprint density at radius 3 is 2.30 bits per heavy atom. The van der Waals surface area contributed by atoms with Crippen molar-refractivity contribution in [2.75, 3.05) is 34.4 Å². The Kier molecular flexibility index (Phi) is 8.53. The van der Waals surface area contributed by atoms with Crippen molar-refractivity contribution in [3.05, 3.63) is 95.1 Å². The van der Waals surface area contributed by atoms with Gasteiger partial charge in [-0.25, -0.2) is 0 Å². The van der Waals surface area contributed by atoms with Crippen molar-refractivity contribution in [2.45, 2.75) is 13.3 Å². The molecule has 0 aliphatic carbocycles. The van der Waals surface area contributed by atoms with Crippen LogP contribution in [-0.2, 0) is 6.42 Å². The van der Waals surface area contributed by atoms with Crippen LogP contribution in [0.5, 0.6) is 17.2 Å². The van der Waals surface area contributed by atoms with Crippen molar-refractivity contribution in [3.8, 4) is 17.2 Å². The summed E-state index contributed by atoms with van der Waals surface area (Å²) in [5, 5.41) is 0. The number of carbonyl (C=O) groups is 1. The average Bonchev–Trinajstić information content (AvgIpc) is 2.86. The van der Waals surface area contributed by atoms with E-state index in [1.807, 2.05) is 59.5 Å². The van der Waals surface area contributed by atoms with E-state index in [9.17, 15) is 4.79 Å². The quantitative estimate of drug-likeness (QED) is 0.413. The van der Waals surface area contributed by atoms with E-state index >= 15 is 0 Å². The second-order valence-corrected chi connectivity index (χ2v) is 7.80. The molecule has 3 aromatic rings. The molecule has 33 heavy (non-hydrogen) atoms. The van der Waals surface area contributed by atoms with Gasteiger partial charge in [0.1, 0.15) is 5.75 Å². The summed E-state index contributed by atoms with van der Waals surface area (Å²) in [6, 6.07) is 23.3. The molecule has 3 rings (SSSR count). The standard InChI is InChI=1S/C28H31NO4/c1-21(17-22-9-6-5-7-10-22)20-29(28(30)24-11-8-12-25(19-24)31-2)16-15-23-13-14-26(32-3)27(18-23)33-4/h5-14,17-19H,15-16,20H2,1-4H3/b21-17+. The molecule has 0 saturated heterocycles. The molecule has 1 amide bonds. The highest BCUT2D eigenvalue weighted by Crippen LogP contribution is 2.28. The number of nitrogens with zero attached hydrogens (tertiary/aromatic N) is 1. The first kappa shape index (κ1) is 23.9.